The number of para-hydroxylation sites is 1. The van der Waals surface area contributed by atoms with Gasteiger partial charge in [0.05, 0.1) is 0 Å². The highest BCUT2D eigenvalue weighted by Gasteiger charge is 2.34. The van der Waals surface area contributed by atoms with Gasteiger partial charge in [0.2, 0.25) is 0 Å². The molecule has 0 bridgehead atoms. The van der Waals surface area contributed by atoms with E-state index in [-0.39, 0.29) is 18.1 Å². The third-order valence-electron chi connectivity index (χ3n) is 4.46. The van der Waals surface area contributed by atoms with E-state index in [4.69, 9.17) is 4.74 Å². The monoisotopic (exact) mass is 290 g/mol. The smallest absolute Gasteiger partial charge is 0.258 e. The van der Waals surface area contributed by atoms with E-state index in [0.717, 1.165) is 18.6 Å². The molecule has 1 fully saturated rings. The molecule has 21 heavy (non-hydrogen) atoms. The summed E-state index contributed by atoms with van der Waals surface area (Å²) >= 11 is 0. The molecule has 2 rings (SSSR count). The van der Waals surface area contributed by atoms with Crippen LogP contribution in [-0.2, 0) is 4.79 Å². The highest BCUT2D eigenvalue weighted by Crippen LogP contribution is 2.31. The van der Waals surface area contributed by atoms with Crippen LogP contribution in [0, 0.1) is 0 Å². The van der Waals surface area contributed by atoms with Crippen molar-refractivity contribution in [2.45, 2.75) is 37.6 Å². The Morgan fingerprint density at radius 3 is 2.48 bits per heavy atom. The molecule has 0 saturated heterocycles. The van der Waals surface area contributed by atoms with Crippen molar-refractivity contribution in [2.75, 3.05) is 27.2 Å². The van der Waals surface area contributed by atoms with Gasteiger partial charge in [0.25, 0.3) is 5.91 Å². The molecule has 4 nitrogen and oxygen atoms in total. The molecule has 0 radical (unpaired) electrons. The van der Waals surface area contributed by atoms with Crippen LogP contribution in [0.3, 0.4) is 0 Å². The Bertz CT molecular complexity index is 439. The van der Waals surface area contributed by atoms with Crippen molar-refractivity contribution in [1.82, 2.24) is 10.2 Å². The zero-order valence-corrected chi connectivity index (χ0v) is 13.1. The second-order valence-electron chi connectivity index (χ2n) is 6.06. The molecule has 0 spiro atoms. The number of carbonyl (C=O) groups is 1. The zero-order valence-electron chi connectivity index (χ0n) is 13.1. The predicted octanol–water partition coefficient (Wildman–Crippen LogP) is 2.45. The van der Waals surface area contributed by atoms with E-state index in [0.29, 0.717) is 6.54 Å². The Morgan fingerprint density at radius 1 is 1.19 bits per heavy atom. The number of hydrogen-bond donors (Lipinski definition) is 1. The minimum atomic E-state index is -0.0503. The lowest BCUT2D eigenvalue weighted by Crippen LogP contribution is -2.54. The van der Waals surface area contributed by atoms with E-state index in [1.807, 2.05) is 30.3 Å². The molecule has 1 aliphatic carbocycles. The third-order valence-corrected chi connectivity index (χ3v) is 4.46. The van der Waals surface area contributed by atoms with Gasteiger partial charge in [-0.25, -0.2) is 0 Å². The largest absolute Gasteiger partial charge is 0.484 e. The molecule has 0 aliphatic heterocycles. The Balaban J connectivity index is 1.79. The molecule has 116 valence electrons. The summed E-state index contributed by atoms with van der Waals surface area (Å²) in [4.78, 5) is 14.2. The molecule has 1 aromatic carbocycles. The van der Waals surface area contributed by atoms with Crippen molar-refractivity contribution >= 4 is 5.91 Å². The maximum absolute atomic E-state index is 12.0. The number of ether oxygens (including phenoxy) is 1. The van der Waals surface area contributed by atoms with Gasteiger partial charge in [-0.15, -0.1) is 0 Å². The quantitative estimate of drug-likeness (QED) is 0.875. The summed E-state index contributed by atoms with van der Waals surface area (Å²) in [6.45, 7) is 0.782. The summed E-state index contributed by atoms with van der Waals surface area (Å²) in [5, 5.41) is 3.04. The Morgan fingerprint density at radius 2 is 1.86 bits per heavy atom. The lowest BCUT2D eigenvalue weighted by molar-refractivity contribution is -0.123. The van der Waals surface area contributed by atoms with Gasteiger partial charge in [0, 0.05) is 12.1 Å². The van der Waals surface area contributed by atoms with Crippen LogP contribution in [0.1, 0.15) is 32.1 Å². The van der Waals surface area contributed by atoms with E-state index >= 15 is 0 Å². The van der Waals surface area contributed by atoms with Gasteiger partial charge < -0.3 is 15.0 Å². The number of benzene rings is 1. The van der Waals surface area contributed by atoms with Crippen molar-refractivity contribution in [3.05, 3.63) is 30.3 Å². The first-order valence-electron chi connectivity index (χ1n) is 7.74. The van der Waals surface area contributed by atoms with Gasteiger partial charge in [0.1, 0.15) is 5.75 Å². The maximum Gasteiger partial charge on any atom is 0.258 e. The zero-order chi connectivity index (χ0) is 15.1. The summed E-state index contributed by atoms with van der Waals surface area (Å²) in [6.07, 6.45) is 6.10. The van der Waals surface area contributed by atoms with Crippen LogP contribution < -0.4 is 10.1 Å². The van der Waals surface area contributed by atoms with Crippen LogP contribution in [0.4, 0.5) is 0 Å². The van der Waals surface area contributed by atoms with E-state index in [9.17, 15) is 4.79 Å². The summed E-state index contributed by atoms with van der Waals surface area (Å²) in [7, 11) is 4.22. The minimum Gasteiger partial charge on any atom is -0.484 e. The first-order chi connectivity index (χ1) is 10.1. The minimum absolute atomic E-state index is 0.0503. The summed E-state index contributed by atoms with van der Waals surface area (Å²) < 4.78 is 5.48. The first kappa shape index (κ1) is 15.8. The fourth-order valence-corrected chi connectivity index (χ4v) is 2.97. The standard InChI is InChI=1S/C17H26N2O2/c1-19(2)17(11-7-4-8-12-17)14-18-16(20)13-21-15-9-5-3-6-10-15/h3,5-6,9-10H,4,7-8,11-14H2,1-2H3,(H,18,20). The SMILES string of the molecule is CN(C)C1(CNC(=O)COc2ccccc2)CCCCC1. The molecular weight excluding hydrogens is 264 g/mol. The normalized spacial score (nSPS) is 17.5. The van der Waals surface area contributed by atoms with E-state index < -0.39 is 0 Å². The number of rotatable bonds is 6. The molecule has 1 amide bonds. The lowest BCUT2D eigenvalue weighted by atomic mass is 9.80. The van der Waals surface area contributed by atoms with Gasteiger partial charge in [0.15, 0.2) is 6.61 Å². The second-order valence-corrected chi connectivity index (χ2v) is 6.06. The van der Waals surface area contributed by atoms with Crippen LogP contribution in [-0.4, -0.2) is 43.6 Å². The van der Waals surface area contributed by atoms with Gasteiger partial charge in [-0.2, -0.15) is 0 Å². The average Bonchev–Trinajstić information content (AvgIpc) is 2.52. The molecule has 4 heteroatoms. The first-order valence-corrected chi connectivity index (χ1v) is 7.74. The van der Waals surface area contributed by atoms with Gasteiger partial charge in [-0.05, 0) is 39.1 Å². The molecule has 0 aromatic heterocycles. The van der Waals surface area contributed by atoms with Gasteiger partial charge in [-0.3, -0.25) is 4.79 Å². The van der Waals surface area contributed by atoms with Crippen LogP contribution in [0.5, 0.6) is 5.75 Å². The van der Waals surface area contributed by atoms with Crippen molar-refractivity contribution in [3.8, 4) is 5.75 Å². The molecule has 1 aliphatic rings. The van der Waals surface area contributed by atoms with Crippen molar-refractivity contribution in [1.29, 1.82) is 0 Å². The molecule has 1 saturated carbocycles. The van der Waals surface area contributed by atoms with E-state index in [1.165, 1.54) is 19.3 Å². The predicted molar refractivity (Wildman–Crippen MR) is 84.4 cm³/mol. The van der Waals surface area contributed by atoms with Crippen LogP contribution in [0.25, 0.3) is 0 Å². The third kappa shape index (κ3) is 4.46. The lowest BCUT2D eigenvalue weighted by Gasteiger charge is -2.43. The fourth-order valence-electron chi connectivity index (χ4n) is 2.97. The number of nitrogens with zero attached hydrogens (tertiary/aromatic N) is 1. The topological polar surface area (TPSA) is 41.6 Å². The summed E-state index contributed by atoms with van der Waals surface area (Å²) in [5.74, 6) is 0.679. The summed E-state index contributed by atoms with van der Waals surface area (Å²) in [6, 6.07) is 9.44. The number of hydrogen-bond acceptors (Lipinski definition) is 3. The summed E-state index contributed by atoms with van der Waals surface area (Å²) in [5.41, 5.74) is 0.112. The van der Waals surface area contributed by atoms with Crippen LogP contribution >= 0.6 is 0 Å². The molecule has 1 aromatic rings. The van der Waals surface area contributed by atoms with E-state index in [1.54, 1.807) is 0 Å². The molecular formula is C17H26N2O2. The average molecular weight is 290 g/mol. The van der Waals surface area contributed by atoms with E-state index in [2.05, 4.69) is 24.3 Å². The fraction of sp³-hybridized carbons (Fsp3) is 0.588. The molecule has 0 heterocycles. The Hall–Kier alpha value is -1.55. The number of nitrogens with one attached hydrogen (secondary N) is 1. The van der Waals surface area contributed by atoms with Gasteiger partial charge in [-0.1, -0.05) is 37.5 Å². The van der Waals surface area contributed by atoms with Gasteiger partial charge >= 0.3 is 0 Å². The van der Waals surface area contributed by atoms with Crippen molar-refractivity contribution < 1.29 is 9.53 Å². The second kappa shape index (κ2) is 7.46. The molecule has 0 unspecified atom stereocenters. The Labute approximate surface area is 127 Å². The number of carbonyl (C=O) groups excluding carboxylic acids is 1. The van der Waals surface area contributed by atoms with Crippen LogP contribution in [0.2, 0.25) is 0 Å². The number of amides is 1. The highest BCUT2D eigenvalue weighted by atomic mass is 16.5. The van der Waals surface area contributed by atoms with Crippen molar-refractivity contribution in [2.24, 2.45) is 0 Å². The number of likely N-dealkylation sites (N-methyl/N-ethyl adjacent to an activating group) is 1. The molecule has 1 N–H and O–H groups in total. The maximum atomic E-state index is 12.0. The van der Waals surface area contributed by atoms with Crippen molar-refractivity contribution in [3.63, 3.8) is 0 Å². The van der Waals surface area contributed by atoms with Crippen LogP contribution in [0.15, 0.2) is 30.3 Å². The Kier molecular flexibility index (Phi) is 5.62. The highest BCUT2D eigenvalue weighted by molar-refractivity contribution is 5.77. The molecule has 0 atom stereocenters.